The molecule has 1 aromatic heterocycles. The summed E-state index contributed by atoms with van der Waals surface area (Å²) in [7, 11) is 0. The van der Waals surface area contributed by atoms with Gasteiger partial charge in [-0.05, 0) is 60.9 Å². The lowest BCUT2D eigenvalue weighted by Crippen LogP contribution is -2.47. The molecule has 0 radical (unpaired) electrons. The number of thiophene rings is 1. The molecule has 4 amide bonds. The zero-order chi connectivity index (χ0) is 16.9. The Balaban J connectivity index is 1.48. The topological polar surface area (TPSA) is 69.7 Å². The van der Waals surface area contributed by atoms with E-state index >= 15 is 0 Å². The predicted molar refractivity (Wildman–Crippen MR) is 89.4 cm³/mol. The van der Waals surface area contributed by atoms with Crippen LogP contribution in [0.4, 0.5) is 4.79 Å². The van der Waals surface area contributed by atoms with Gasteiger partial charge in [0.15, 0.2) is 0 Å². The summed E-state index contributed by atoms with van der Waals surface area (Å²) in [6.07, 6.45) is 3.79. The van der Waals surface area contributed by atoms with Crippen molar-refractivity contribution >= 4 is 29.2 Å². The highest BCUT2D eigenvalue weighted by molar-refractivity contribution is 7.08. The Morgan fingerprint density at radius 3 is 2.83 bits per heavy atom. The first-order valence-corrected chi connectivity index (χ1v) is 9.40. The summed E-state index contributed by atoms with van der Waals surface area (Å²) in [5.41, 5.74) is 0.320. The number of nitrogens with one attached hydrogen (secondary N) is 1. The summed E-state index contributed by atoms with van der Waals surface area (Å²) in [6, 6.07) is 1.67. The highest BCUT2D eigenvalue weighted by atomic mass is 32.1. The second-order valence-corrected chi connectivity index (χ2v) is 7.88. The summed E-state index contributed by atoms with van der Waals surface area (Å²) in [6.45, 7) is 2.30. The maximum atomic E-state index is 12.7. The molecule has 1 aromatic rings. The Morgan fingerprint density at radius 2 is 2.17 bits per heavy atom. The van der Waals surface area contributed by atoms with Gasteiger partial charge in [-0.2, -0.15) is 11.3 Å². The number of rotatable bonds is 4. The Morgan fingerprint density at radius 1 is 1.38 bits per heavy atom. The molecule has 0 unspecified atom stereocenters. The molecule has 0 aromatic carbocycles. The number of hydrogen-bond acceptors (Lipinski definition) is 4. The van der Waals surface area contributed by atoms with E-state index < -0.39 is 11.6 Å². The molecule has 0 spiro atoms. The van der Waals surface area contributed by atoms with Crippen molar-refractivity contribution in [3.05, 3.63) is 22.4 Å². The molecule has 128 valence electrons. The van der Waals surface area contributed by atoms with Gasteiger partial charge in [0.2, 0.25) is 5.91 Å². The van der Waals surface area contributed by atoms with Crippen LogP contribution in [0.2, 0.25) is 0 Å². The molecule has 6 nitrogen and oxygen atoms in total. The van der Waals surface area contributed by atoms with E-state index in [0.29, 0.717) is 6.54 Å². The summed E-state index contributed by atoms with van der Waals surface area (Å²) in [4.78, 5) is 40.5. The minimum absolute atomic E-state index is 0.0688. The molecule has 2 atom stereocenters. The number of amides is 4. The molecular formula is C17H21N3O3S. The lowest BCUT2D eigenvalue weighted by atomic mass is 9.96. The van der Waals surface area contributed by atoms with E-state index in [-0.39, 0.29) is 30.3 Å². The first-order valence-electron chi connectivity index (χ1n) is 8.46. The second-order valence-electron chi connectivity index (χ2n) is 7.10. The Bertz CT molecular complexity index is 685. The molecule has 3 heterocycles. The summed E-state index contributed by atoms with van der Waals surface area (Å²) < 4.78 is 0. The third-order valence-corrected chi connectivity index (χ3v) is 6.19. The Labute approximate surface area is 144 Å². The van der Waals surface area contributed by atoms with Crippen molar-refractivity contribution in [3.8, 4) is 0 Å². The lowest BCUT2D eigenvalue weighted by molar-refractivity contribution is -0.139. The molecule has 7 heteroatoms. The van der Waals surface area contributed by atoms with Crippen LogP contribution in [0.25, 0.3) is 0 Å². The Hall–Kier alpha value is -1.89. The SMILES string of the molecule is C[C@@]1(C2CC2)NC(=O)N(CC(=O)N2CCC[C@H]2c2ccsc2)C1=O. The smallest absolute Gasteiger partial charge is 0.325 e. The fraction of sp³-hybridized carbons (Fsp3) is 0.588. The first-order chi connectivity index (χ1) is 11.5. The van der Waals surface area contributed by atoms with Crippen LogP contribution in [-0.2, 0) is 9.59 Å². The van der Waals surface area contributed by atoms with Gasteiger partial charge in [0, 0.05) is 6.54 Å². The molecule has 2 aliphatic heterocycles. The van der Waals surface area contributed by atoms with Crippen LogP contribution < -0.4 is 5.32 Å². The van der Waals surface area contributed by atoms with E-state index in [1.807, 2.05) is 16.3 Å². The molecule has 1 saturated carbocycles. The van der Waals surface area contributed by atoms with E-state index in [1.54, 1.807) is 18.3 Å². The van der Waals surface area contributed by atoms with Crippen LogP contribution in [0.1, 0.15) is 44.2 Å². The lowest BCUT2D eigenvalue weighted by Gasteiger charge is -2.26. The molecule has 24 heavy (non-hydrogen) atoms. The molecule has 0 bridgehead atoms. The minimum atomic E-state index is -0.824. The summed E-state index contributed by atoms with van der Waals surface area (Å²) in [5.74, 6) is -0.193. The van der Waals surface area contributed by atoms with Crippen molar-refractivity contribution in [2.45, 2.75) is 44.2 Å². The van der Waals surface area contributed by atoms with Gasteiger partial charge in [-0.1, -0.05) is 0 Å². The van der Waals surface area contributed by atoms with Gasteiger partial charge in [-0.25, -0.2) is 4.79 Å². The first kappa shape index (κ1) is 15.6. The normalized spacial score (nSPS) is 30.1. The average molecular weight is 347 g/mol. The van der Waals surface area contributed by atoms with Crippen LogP contribution in [0.3, 0.4) is 0 Å². The maximum Gasteiger partial charge on any atom is 0.325 e. The van der Waals surface area contributed by atoms with E-state index in [1.165, 1.54) is 0 Å². The van der Waals surface area contributed by atoms with Crippen molar-refractivity contribution in [1.82, 2.24) is 15.1 Å². The maximum absolute atomic E-state index is 12.7. The van der Waals surface area contributed by atoms with E-state index in [4.69, 9.17) is 0 Å². The van der Waals surface area contributed by atoms with Crippen molar-refractivity contribution in [3.63, 3.8) is 0 Å². The molecule has 1 N–H and O–H groups in total. The number of carbonyl (C=O) groups excluding carboxylic acids is 3. The van der Waals surface area contributed by atoms with Crippen LogP contribution in [-0.4, -0.2) is 46.3 Å². The standard InChI is InChI=1S/C17H21N3O3S/c1-17(12-4-5-12)15(22)20(16(23)18-17)9-14(21)19-7-2-3-13(19)11-6-8-24-10-11/h6,8,10,12-13H,2-5,7,9H2,1H3,(H,18,23)/t13-,17-/m0/s1. The van der Waals surface area contributed by atoms with Gasteiger partial charge in [0.1, 0.15) is 12.1 Å². The second kappa shape index (κ2) is 5.58. The van der Waals surface area contributed by atoms with E-state index in [2.05, 4.69) is 10.7 Å². The van der Waals surface area contributed by atoms with Crippen LogP contribution in [0.5, 0.6) is 0 Å². The number of likely N-dealkylation sites (tertiary alicyclic amines) is 1. The zero-order valence-electron chi connectivity index (χ0n) is 13.7. The quantitative estimate of drug-likeness (QED) is 0.848. The van der Waals surface area contributed by atoms with Gasteiger partial charge in [0.05, 0.1) is 6.04 Å². The fourth-order valence-corrected chi connectivity index (χ4v) is 4.61. The van der Waals surface area contributed by atoms with Crippen molar-refractivity contribution in [1.29, 1.82) is 0 Å². The van der Waals surface area contributed by atoms with Crippen LogP contribution in [0.15, 0.2) is 16.8 Å². The zero-order valence-corrected chi connectivity index (χ0v) is 14.5. The highest BCUT2D eigenvalue weighted by Crippen LogP contribution is 2.42. The number of hydrogen-bond donors (Lipinski definition) is 1. The minimum Gasteiger partial charge on any atom is -0.334 e. The predicted octanol–water partition coefficient (Wildman–Crippen LogP) is 2.13. The highest BCUT2D eigenvalue weighted by Gasteiger charge is 2.56. The van der Waals surface area contributed by atoms with Crippen LogP contribution in [0, 0.1) is 5.92 Å². The summed E-state index contributed by atoms with van der Waals surface area (Å²) in [5, 5.41) is 6.87. The average Bonchev–Trinajstić information content (AvgIpc) is 3.00. The molecule has 1 aliphatic carbocycles. The molecule has 2 saturated heterocycles. The van der Waals surface area contributed by atoms with Crippen molar-refractivity contribution < 1.29 is 14.4 Å². The molecule has 3 aliphatic rings. The van der Waals surface area contributed by atoms with Gasteiger partial charge in [0.25, 0.3) is 5.91 Å². The summed E-state index contributed by atoms with van der Waals surface area (Å²) >= 11 is 1.62. The molecular weight excluding hydrogens is 326 g/mol. The van der Waals surface area contributed by atoms with Gasteiger partial charge in [-0.3, -0.25) is 14.5 Å². The number of carbonyl (C=O) groups is 3. The third-order valence-electron chi connectivity index (χ3n) is 5.49. The monoisotopic (exact) mass is 347 g/mol. The third kappa shape index (κ3) is 2.42. The van der Waals surface area contributed by atoms with Crippen molar-refractivity contribution in [2.24, 2.45) is 5.92 Å². The van der Waals surface area contributed by atoms with Crippen LogP contribution >= 0.6 is 11.3 Å². The Kier molecular flexibility index (Phi) is 3.63. The van der Waals surface area contributed by atoms with Gasteiger partial charge in [-0.15, -0.1) is 0 Å². The van der Waals surface area contributed by atoms with Gasteiger partial charge < -0.3 is 10.2 Å². The number of imide groups is 1. The fourth-order valence-electron chi connectivity index (χ4n) is 3.90. The largest absolute Gasteiger partial charge is 0.334 e. The van der Waals surface area contributed by atoms with Gasteiger partial charge >= 0.3 is 6.03 Å². The molecule has 4 rings (SSSR count). The number of nitrogens with zero attached hydrogens (tertiary/aromatic N) is 2. The molecule has 3 fully saturated rings. The van der Waals surface area contributed by atoms with E-state index in [9.17, 15) is 14.4 Å². The van der Waals surface area contributed by atoms with E-state index in [0.717, 1.165) is 36.1 Å². The van der Waals surface area contributed by atoms with Crippen molar-refractivity contribution in [2.75, 3.05) is 13.1 Å². The number of urea groups is 1.